The molecule has 19 heavy (non-hydrogen) atoms. The summed E-state index contributed by atoms with van der Waals surface area (Å²) in [4.78, 5) is 2.28. The topological polar surface area (TPSA) is 47.7 Å². The van der Waals surface area contributed by atoms with Gasteiger partial charge >= 0.3 is 0 Å². The molecule has 0 radical (unpaired) electrons. The van der Waals surface area contributed by atoms with E-state index in [2.05, 4.69) is 37.1 Å². The van der Waals surface area contributed by atoms with Gasteiger partial charge in [0.2, 0.25) is 0 Å². The van der Waals surface area contributed by atoms with Crippen LogP contribution in [0.4, 0.5) is 0 Å². The molecular weight excluding hydrogens is 240 g/mol. The molecule has 0 aliphatic carbocycles. The number of rotatable bonds is 6. The fraction of sp³-hybridized carbons (Fsp3) is 0.600. The number of benzene rings is 1. The smallest absolute Gasteiger partial charge is 0.122 e. The summed E-state index contributed by atoms with van der Waals surface area (Å²) >= 11 is 0. The van der Waals surface area contributed by atoms with Crippen LogP contribution in [0.5, 0.6) is 5.75 Å². The summed E-state index contributed by atoms with van der Waals surface area (Å²) in [6, 6.07) is 6.97. The number of hydrogen-bond donors (Lipinski definition) is 1. The Morgan fingerprint density at radius 3 is 2.95 bits per heavy atom. The molecule has 0 fully saturated rings. The molecule has 1 aliphatic rings. The van der Waals surface area contributed by atoms with Gasteiger partial charge in [-0.15, -0.1) is 0 Å². The van der Waals surface area contributed by atoms with Gasteiger partial charge in [-0.3, -0.25) is 4.90 Å². The van der Waals surface area contributed by atoms with Crippen LogP contribution in [0, 0.1) is 0 Å². The Balaban J connectivity index is 2.17. The summed E-state index contributed by atoms with van der Waals surface area (Å²) in [5, 5.41) is 0. The van der Waals surface area contributed by atoms with E-state index in [1.165, 1.54) is 11.1 Å². The van der Waals surface area contributed by atoms with Gasteiger partial charge in [0.1, 0.15) is 5.75 Å². The molecule has 2 unspecified atom stereocenters. The fourth-order valence-electron chi connectivity index (χ4n) is 2.62. The van der Waals surface area contributed by atoms with Crippen LogP contribution in [0.3, 0.4) is 0 Å². The van der Waals surface area contributed by atoms with Crippen LogP contribution >= 0.6 is 0 Å². The molecule has 4 nitrogen and oxygen atoms in total. The first-order chi connectivity index (χ1) is 9.17. The van der Waals surface area contributed by atoms with Gasteiger partial charge in [0, 0.05) is 32.2 Å². The molecule has 0 saturated heterocycles. The van der Waals surface area contributed by atoms with Gasteiger partial charge in [0.25, 0.3) is 0 Å². The summed E-state index contributed by atoms with van der Waals surface area (Å²) in [5.41, 5.74) is 8.53. The molecule has 2 N–H and O–H groups in total. The maximum Gasteiger partial charge on any atom is 0.122 e. The standard InChI is InChI=1S/C15H24N2O2/c1-11(10-18-3)17(2)14(9-16)12-4-5-15-13(8-12)6-7-19-15/h4-5,8,11,14H,6-7,9-10,16H2,1-3H3. The first kappa shape index (κ1) is 14.3. The molecule has 1 aromatic rings. The van der Waals surface area contributed by atoms with E-state index >= 15 is 0 Å². The zero-order chi connectivity index (χ0) is 13.8. The fourth-order valence-corrected chi connectivity index (χ4v) is 2.62. The third kappa shape index (κ3) is 3.08. The van der Waals surface area contributed by atoms with Crippen molar-refractivity contribution < 1.29 is 9.47 Å². The highest BCUT2D eigenvalue weighted by atomic mass is 16.5. The van der Waals surface area contributed by atoms with Crippen molar-refractivity contribution in [2.24, 2.45) is 5.73 Å². The third-order valence-electron chi connectivity index (χ3n) is 3.92. The molecule has 0 amide bonds. The monoisotopic (exact) mass is 264 g/mol. The second-order valence-electron chi connectivity index (χ2n) is 5.19. The van der Waals surface area contributed by atoms with Crippen LogP contribution in [0.15, 0.2) is 18.2 Å². The molecule has 0 saturated carbocycles. The van der Waals surface area contributed by atoms with Crippen LogP contribution in [0.1, 0.15) is 24.1 Å². The summed E-state index contributed by atoms with van der Waals surface area (Å²) in [6.07, 6.45) is 0.998. The Hall–Kier alpha value is -1.10. The first-order valence-electron chi connectivity index (χ1n) is 6.84. The summed E-state index contributed by atoms with van der Waals surface area (Å²) in [7, 11) is 3.83. The molecule has 1 aromatic carbocycles. The average Bonchev–Trinajstić information content (AvgIpc) is 2.87. The minimum Gasteiger partial charge on any atom is -0.493 e. The largest absolute Gasteiger partial charge is 0.493 e. The number of methoxy groups -OCH3 is 1. The minimum absolute atomic E-state index is 0.219. The van der Waals surface area contributed by atoms with Gasteiger partial charge in [-0.25, -0.2) is 0 Å². The number of ether oxygens (including phenoxy) is 2. The zero-order valence-electron chi connectivity index (χ0n) is 12.1. The van der Waals surface area contributed by atoms with Crippen molar-refractivity contribution >= 4 is 0 Å². The maximum atomic E-state index is 5.97. The zero-order valence-corrected chi connectivity index (χ0v) is 12.1. The molecule has 1 heterocycles. The molecule has 4 heteroatoms. The van der Waals surface area contributed by atoms with E-state index < -0.39 is 0 Å². The normalized spacial score (nSPS) is 17.1. The highest BCUT2D eigenvalue weighted by molar-refractivity contribution is 5.40. The highest BCUT2D eigenvalue weighted by Gasteiger charge is 2.22. The molecule has 0 aromatic heterocycles. The summed E-state index contributed by atoms with van der Waals surface area (Å²) < 4.78 is 10.8. The van der Waals surface area contributed by atoms with Crippen molar-refractivity contribution in [3.8, 4) is 5.75 Å². The van der Waals surface area contributed by atoms with E-state index in [9.17, 15) is 0 Å². The lowest BCUT2D eigenvalue weighted by molar-refractivity contribution is 0.0910. The van der Waals surface area contributed by atoms with E-state index in [1.54, 1.807) is 7.11 Å². The minimum atomic E-state index is 0.219. The number of nitrogens with zero attached hydrogens (tertiary/aromatic N) is 1. The van der Waals surface area contributed by atoms with E-state index in [1.807, 2.05) is 0 Å². The number of likely N-dealkylation sites (N-methyl/N-ethyl adjacent to an activating group) is 1. The summed E-state index contributed by atoms with van der Waals surface area (Å²) in [5.74, 6) is 1.02. The van der Waals surface area contributed by atoms with E-state index in [0.717, 1.165) is 18.8 Å². The third-order valence-corrected chi connectivity index (χ3v) is 3.92. The van der Waals surface area contributed by atoms with Crippen molar-refractivity contribution in [1.82, 2.24) is 4.90 Å². The van der Waals surface area contributed by atoms with Gasteiger partial charge in [-0.2, -0.15) is 0 Å². The summed E-state index contributed by atoms with van der Waals surface area (Å²) in [6.45, 7) is 4.26. The van der Waals surface area contributed by atoms with Gasteiger partial charge in [0.05, 0.1) is 13.2 Å². The SMILES string of the molecule is COCC(C)N(C)C(CN)c1ccc2c(c1)CCO2. The van der Waals surface area contributed by atoms with Crippen LogP contribution in [-0.2, 0) is 11.2 Å². The second kappa shape index (κ2) is 6.37. The number of fused-ring (bicyclic) bond motifs is 1. The van der Waals surface area contributed by atoms with Crippen LogP contribution in [0.2, 0.25) is 0 Å². The molecule has 0 bridgehead atoms. The lowest BCUT2D eigenvalue weighted by Gasteiger charge is -2.32. The van der Waals surface area contributed by atoms with E-state index in [4.69, 9.17) is 15.2 Å². The highest BCUT2D eigenvalue weighted by Crippen LogP contribution is 2.30. The van der Waals surface area contributed by atoms with E-state index in [0.29, 0.717) is 19.2 Å². The first-order valence-corrected chi connectivity index (χ1v) is 6.84. The Morgan fingerprint density at radius 1 is 1.47 bits per heavy atom. The van der Waals surface area contributed by atoms with Gasteiger partial charge < -0.3 is 15.2 Å². The molecule has 2 atom stereocenters. The van der Waals surface area contributed by atoms with Gasteiger partial charge in [-0.1, -0.05) is 12.1 Å². The second-order valence-corrected chi connectivity index (χ2v) is 5.19. The molecule has 0 spiro atoms. The van der Waals surface area contributed by atoms with Crippen molar-refractivity contribution in [3.05, 3.63) is 29.3 Å². The Bertz CT molecular complexity index is 423. The number of nitrogens with two attached hydrogens (primary N) is 1. The van der Waals surface area contributed by atoms with Crippen molar-refractivity contribution in [1.29, 1.82) is 0 Å². The van der Waals surface area contributed by atoms with Crippen molar-refractivity contribution in [2.75, 3.05) is 33.9 Å². The maximum absolute atomic E-state index is 5.97. The van der Waals surface area contributed by atoms with Crippen LogP contribution in [0.25, 0.3) is 0 Å². The van der Waals surface area contributed by atoms with Gasteiger partial charge in [0.15, 0.2) is 0 Å². The van der Waals surface area contributed by atoms with Crippen molar-refractivity contribution in [2.45, 2.75) is 25.4 Å². The molecule has 2 rings (SSSR count). The molecular formula is C15H24N2O2. The van der Waals surface area contributed by atoms with Crippen LogP contribution in [-0.4, -0.2) is 44.9 Å². The van der Waals surface area contributed by atoms with Crippen LogP contribution < -0.4 is 10.5 Å². The Labute approximate surface area is 115 Å². The molecule has 1 aliphatic heterocycles. The number of hydrogen-bond acceptors (Lipinski definition) is 4. The lowest BCUT2D eigenvalue weighted by atomic mass is 10.0. The predicted octanol–water partition coefficient (Wildman–Crippen LogP) is 1.59. The van der Waals surface area contributed by atoms with E-state index in [-0.39, 0.29) is 6.04 Å². The average molecular weight is 264 g/mol. The quantitative estimate of drug-likeness (QED) is 0.847. The Morgan fingerprint density at radius 2 is 2.26 bits per heavy atom. The predicted molar refractivity (Wildman–Crippen MR) is 76.5 cm³/mol. The van der Waals surface area contributed by atoms with Gasteiger partial charge in [-0.05, 0) is 31.2 Å². The lowest BCUT2D eigenvalue weighted by Crippen LogP contribution is -2.39. The Kier molecular flexibility index (Phi) is 4.80. The van der Waals surface area contributed by atoms with Crippen molar-refractivity contribution in [3.63, 3.8) is 0 Å². The molecule has 106 valence electrons.